The van der Waals surface area contributed by atoms with Gasteiger partial charge in [-0.15, -0.1) is 0 Å². The smallest absolute Gasteiger partial charge is 0.231 e. The zero-order valence-corrected chi connectivity index (χ0v) is 13.9. The van der Waals surface area contributed by atoms with Crippen molar-refractivity contribution in [3.63, 3.8) is 0 Å². The molecule has 1 aromatic rings. The lowest BCUT2D eigenvalue weighted by Crippen LogP contribution is -2.53. The first-order chi connectivity index (χ1) is 11.6. The minimum atomic E-state index is -0.0212. The Balaban J connectivity index is 1.37. The van der Waals surface area contributed by atoms with Crippen LogP contribution in [0.25, 0.3) is 0 Å². The molecule has 3 heterocycles. The van der Waals surface area contributed by atoms with Gasteiger partial charge in [-0.05, 0) is 37.0 Å². The maximum absolute atomic E-state index is 12.6. The third-order valence-corrected chi connectivity index (χ3v) is 5.73. The topological polar surface area (TPSA) is 59.1 Å². The molecular formula is C18H22N2O4. The zero-order valence-electron chi connectivity index (χ0n) is 13.9. The summed E-state index contributed by atoms with van der Waals surface area (Å²) < 4.78 is 10.7. The van der Waals surface area contributed by atoms with E-state index < -0.39 is 0 Å². The second-order valence-corrected chi connectivity index (χ2v) is 6.92. The molecule has 0 N–H and O–H groups in total. The predicted molar refractivity (Wildman–Crippen MR) is 86.8 cm³/mol. The quantitative estimate of drug-likeness (QED) is 0.826. The number of ether oxygens (including phenoxy) is 2. The summed E-state index contributed by atoms with van der Waals surface area (Å²) in [5.74, 6) is 1.81. The van der Waals surface area contributed by atoms with Crippen LogP contribution in [0.4, 0.5) is 0 Å². The molecule has 0 bridgehead atoms. The Hall–Kier alpha value is -2.24. The molecule has 0 atom stereocenters. The van der Waals surface area contributed by atoms with Crippen molar-refractivity contribution in [1.82, 2.24) is 9.80 Å². The van der Waals surface area contributed by atoms with Crippen molar-refractivity contribution in [3.8, 4) is 11.5 Å². The molecule has 2 amide bonds. The first-order valence-electron chi connectivity index (χ1n) is 8.50. The number of carbonyl (C=O) groups excluding carboxylic acids is 2. The molecule has 0 saturated carbocycles. The minimum absolute atomic E-state index is 0.0212. The highest BCUT2D eigenvalue weighted by atomic mass is 16.7. The molecule has 128 valence electrons. The van der Waals surface area contributed by atoms with Gasteiger partial charge in [-0.2, -0.15) is 0 Å². The summed E-state index contributed by atoms with van der Waals surface area (Å²) in [6, 6.07) is 5.66. The molecule has 24 heavy (non-hydrogen) atoms. The first-order valence-corrected chi connectivity index (χ1v) is 8.50. The second-order valence-electron chi connectivity index (χ2n) is 6.92. The molecule has 0 aromatic heterocycles. The molecule has 3 aliphatic rings. The summed E-state index contributed by atoms with van der Waals surface area (Å²) >= 11 is 0. The Bertz CT molecular complexity index is 680. The molecule has 0 aliphatic carbocycles. The Labute approximate surface area is 141 Å². The SMILES string of the molecule is CN1C(=O)CCC12CCN(C(=O)Cc1ccc3c(c1)OCO3)CC2. The number of piperidine rings is 1. The third kappa shape index (κ3) is 2.50. The number of amides is 2. The number of likely N-dealkylation sites (tertiary alicyclic amines) is 2. The van der Waals surface area contributed by atoms with Gasteiger partial charge in [0.1, 0.15) is 0 Å². The van der Waals surface area contributed by atoms with E-state index >= 15 is 0 Å². The largest absolute Gasteiger partial charge is 0.454 e. The van der Waals surface area contributed by atoms with E-state index in [0.717, 1.165) is 43.7 Å². The normalized spacial score (nSPS) is 21.6. The lowest BCUT2D eigenvalue weighted by atomic mass is 9.85. The van der Waals surface area contributed by atoms with Crippen LogP contribution >= 0.6 is 0 Å². The summed E-state index contributed by atoms with van der Waals surface area (Å²) in [6.45, 7) is 1.69. The van der Waals surface area contributed by atoms with Gasteiger partial charge in [-0.3, -0.25) is 9.59 Å². The number of hydrogen-bond donors (Lipinski definition) is 0. The van der Waals surface area contributed by atoms with E-state index in [-0.39, 0.29) is 24.1 Å². The van der Waals surface area contributed by atoms with Crippen molar-refractivity contribution in [3.05, 3.63) is 23.8 Å². The van der Waals surface area contributed by atoms with Gasteiger partial charge in [0, 0.05) is 32.1 Å². The molecule has 0 radical (unpaired) electrons. The van der Waals surface area contributed by atoms with Gasteiger partial charge in [0.2, 0.25) is 18.6 Å². The van der Waals surface area contributed by atoms with Crippen molar-refractivity contribution in [2.75, 3.05) is 26.9 Å². The van der Waals surface area contributed by atoms with E-state index in [4.69, 9.17) is 9.47 Å². The number of rotatable bonds is 2. The summed E-state index contributed by atoms with van der Waals surface area (Å²) in [4.78, 5) is 28.2. The molecule has 1 aromatic carbocycles. The molecule has 4 rings (SSSR count). The van der Waals surface area contributed by atoms with Crippen molar-refractivity contribution in [2.45, 2.75) is 37.6 Å². The Morgan fingerprint density at radius 2 is 1.92 bits per heavy atom. The predicted octanol–water partition coefficient (Wildman–Crippen LogP) is 1.57. The van der Waals surface area contributed by atoms with Crippen molar-refractivity contribution < 1.29 is 19.1 Å². The summed E-state index contributed by atoms with van der Waals surface area (Å²) in [5, 5.41) is 0. The van der Waals surface area contributed by atoms with Gasteiger partial charge in [0.15, 0.2) is 11.5 Å². The van der Waals surface area contributed by atoms with Gasteiger partial charge in [0.05, 0.1) is 6.42 Å². The van der Waals surface area contributed by atoms with Crippen LogP contribution in [0.3, 0.4) is 0 Å². The molecule has 2 saturated heterocycles. The van der Waals surface area contributed by atoms with Gasteiger partial charge >= 0.3 is 0 Å². The molecule has 6 heteroatoms. The number of benzene rings is 1. The van der Waals surface area contributed by atoms with Crippen LogP contribution in [0.2, 0.25) is 0 Å². The second kappa shape index (κ2) is 5.69. The van der Waals surface area contributed by atoms with Crippen molar-refractivity contribution in [2.24, 2.45) is 0 Å². The van der Waals surface area contributed by atoms with Gasteiger partial charge in [-0.1, -0.05) is 6.07 Å². The Morgan fingerprint density at radius 1 is 1.17 bits per heavy atom. The highest BCUT2D eigenvalue weighted by molar-refractivity contribution is 5.80. The van der Waals surface area contributed by atoms with E-state index in [1.807, 2.05) is 35.0 Å². The van der Waals surface area contributed by atoms with Crippen LogP contribution in [-0.2, 0) is 16.0 Å². The summed E-state index contributed by atoms with van der Waals surface area (Å²) in [7, 11) is 1.90. The van der Waals surface area contributed by atoms with Crippen molar-refractivity contribution in [1.29, 1.82) is 0 Å². The monoisotopic (exact) mass is 330 g/mol. The number of hydrogen-bond acceptors (Lipinski definition) is 4. The molecule has 6 nitrogen and oxygen atoms in total. The van der Waals surface area contributed by atoms with Crippen LogP contribution in [0.5, 0.6) is 11.5 Å². The van der Waals surface area contributed by atoms with E-state index in [1.165, 1.54) is 0 Å². The fourth-order valence-corrected chi connectivity index (χ4v) is 4.03. The maximum Gasteiger partial charge on any atom is 0.231 e. The summed E-state index contributed by atoms with van der Waals surface area (Å²) in [5.41, 5.74) is 0.921. The van der Waals surface area contributed by atoms with E-state index in [0.29, 0.717) is 18.6 Å². The molecule has 2 fully saturated rings. The lowest BCUT2D eigenvalue weighted by Gasteiger charge is -2.43. The van der Waals surface area contributed by atoms with E-state index in [2.05, 4.69) is 0 Å². The molecule has 1 spiro atoms. The standard InChI is InChI=1S/C18H22N2O4/c1-19-16(21)4-5-18(19)6-8-20(9-7-18)17(22)11-13-2-3-14-15(10-13)24-12-23-14/h2-3,10H,4-9,11-12H2,1H3. The third-order valence-electron chi connectivity index (χ3n) is 5.73. The van der Waals surface area contributed by atoms with Crippen LogP contribution in [-0.4, -0.2) is 54.1 Å². The van der Waals surface area contributed by atoms with Crippen LogP contribution < -0.4 is 9.47 Å². The number of fused-ring (bicyclic) bond motifs is 1. The molecular weight excluding hydrogens is 308 g/mol. The minimum Gasteiger partial charge on any atom is -0.454 e. The van der Waals surface area contributed by atoms with Crippen LogP contribution in [0.1, 0.15) is 31.2 Å². The fraction of sp³-hybridized carbons (Fsp3) is 0.556. The number of nitrogens with zero attached hydrogens (tertiary/aromatic N) is 2. The van der Waals surface area contributed by atoms with E-state index in [9.17, 15) is 9.59 Å². The summed E-state index contributed by atoms with van der Waals surface area (Å²) in [6.07, 6.45) is 3.69. The Morgan fingerprint density at radius 3 is 2.62 bits per heavy atom. The highest BCUT2D eigenvalue weighted by Gasteiger charge is 2.45. The van der Waals surface area contributed by atoms with Crippen LogP contribution in [0, 0.1) is 0 Å². The first kappa shape index (κ1) is 15.3. The van der Waals surface area contributed by atoms with Gasteiger partial charge in [-0.25, -0.2) is 0 Å². The molecule has 3 aliphatic heterocycles. The Kier molecular flexibility index (Phi) is 3.62. The number of carbonyl (C=O) groups is 2. The maximum atomic E-state index is 12.6. The fourth-order valence-electron chi connectivity index (χ4n) is 4.03. The highest BCUT2D eigenvalue weighted by Crippen LogP contribution is 2.38. The van der Waals surface area contributed by atoms with Gasteiger partial charge < -0.3 is 19.3 Å². The zero-order chi connectivity index (χ0) is 16.7. The van der Waals surface area contributed by atoms with Crippen molar-refractivity contribution >= 4 is 11.8 Å². The van der Waals surface area contributed by atoms with E-state index in [1.54, 1.807) is 0 Å². The van der Waals surface area contributed by atoms with Gasteiger partial charge in [0.25, 0.3) is 0 Å². The lowest BCUT2D eigenvalue weighted by molar-refractivity contribution is -0.135. The van der Waals surface area contributed by atoms with Crippen LogP contribution in [0.15, 0.2) is 18.2 Å². The average Bonchev–Trinajstić information content (AvgIpc) is 3.16. The average molecular weight is 330 g/mol. The molecule has 0 unspecified atom stereocenters.